The molecular weight excluding hydrogens is 357 g/mol. The van der Waals surface area contributed by atoms with E-state index >= 15 is 0 Å². The van der Waals surface area contributed by atoms with Gasteiger partial charge in [0.15, 0.2) is 11.6 Å². The number of anilines is 2. The average Bonchev–Trinajstić information content (AvgIpc) is 3.02. The topological polar surface area (TPSA) is 54.1 Å². The fourth-order valence-electron chi connectivity index (χ4n) is 2.38. The first kappa shape index (κ1) is 17.2. The maximum Gasteiger partial charge on any atom is 0.354 e. The van der Waals surface area contributed by atoms with Gasteiger partial charge in [0.1, 0.15) is 11.5 Å². The zero-order chi connectivity index (χ0) is 18.1. The summed E-state index contributed by atoms with van der Waals surface area (Å²) in [6.07, 6.45) is 0. The summed E-state index contributed by atoms with van der Waals surface area (Å²) < 4.78 is 46.0. The SMILES string of the molecule is CCOC(=O)c1cc2c(Nc3ccc(F)c(Cl)c3)cc(F)c(F)c2[nH]1. The van der Waals surface area contributed by atoms with E-state index in [4.69, 9.17) is 16.3 Å². The largest absolute Gasteiger partial charge is 0.461 e. The highest BCUT2D eigenvalue weighted by Crippen LogP contribution is 2.32. The molecule has 0 radical (unpaired) electrons. The third kappa shape index (κ3) is 3.28. The minimum absolute atomic E-state index is 0.0125. The van der Waals surface area contributed by atoms with Crippen LogP contribution < -0.4 is 5.32 Å². The van der Waals surface area contributed by atoms with Gasteiger partial charge in [-0.1, -0.05) is 11.6 Å². The van der Waals surface area contributed by atoms with Crippen LogP contribution in [0.2, 0.25) is 5.02 Å². The summed E-state index contributed by atoms with van der Waals surface area (Å²) in [5, 5.41) is 2.96. The van der Waals surface area contributed by atoms with Crippen LogP contribution >= 0.6 is 11.6 Å². The van der Waals surface area contributed by atoms with Crippen LogP contribution in [0.4, 0.5) is 24.5 Å². The van der Waals surface area contributed by atoms with Crippen molar-refractivity contribution in [2.45, 2.75) is 6.92 Å². The number of carbonyl (C=O) groups excluding carboxylic acids is 1. The number of hydrogen-bond acceptors (Lipinski definition) is 3. The molecule has 0 atom stereocenters. The Morgan fingerprint density at radius 2 is 1.96 bits per heavy atom. The lowest BCUT2D eigenvalue weighted by molar-refractivity contribution is 0.0520. The van der Waals surface area contributed by atoms with E-state index in [2.05, 4.69) is 10.3 Å². The second-order valence-corrected chi connectivity index (χ2v) is 5.57. The first-order valence-corrected chi connectivity index (χ1v) is 7.68. The summed E-state index contributed by atoms with van der Waals surface area (Å²) in [6.45, 7) is 1.77. The van der Waals surface area contributed by atoms with Crippen LogP contribution in [0.15, 0.2) is 30.3 Å². The van der Waals surface area contributed by atoms with Crippen molar-refractivity contribution in [2.75, 3.05) is 11.9 Å². The predicted molar refractivity (Wildman–Crippen MR) is 88.9 cm³/mol. The molecule has 0 amide bonds. The Morgan fingerprint density at radius 1 is 1.20 bits per heavy atom. The molecule has 1 aromatic heterocycles. The van der Waals surface area contributed by atoms with Crippen molar-refractivity contribution in [1.82, 2.24) is 4.98 Å². The molecule has 0 unspecified atom stereocenters. The molecule has 0 aliphatic heterocycles. The standard InChI is InChI=1S/C17H12ClF3N2O2/c1-2-25-17(24)14-6-9-13(7-12(20)15(21)16(9)23-14)22-8-3-4-11(19)10(18)5-8/h3-7,22-23H,2H2,1H3. The fourth-order valence-corrected chi connectivity index (χ4v) is 2.56. The van der Waals surface area contributed by atoms with Gasteiger partial charge in [-0.25, -0.2) is 18.0 Å². The molecule has 0 saturated carbocycles. The van der Waals surface area contributed by atoms with E-state index in [1.165, 1.54) is 18.2 Å². The van der Waals surface area contributed by atoms with Gasteiger partial charge in [-0.15, -0.1) is 0 Å². The van der Waals surface area contributed by atoms with Crippen molar-refractivity contribution >= 4 is 39.8 Å². The number of benzene rings is 2. The van der Waals surface area contributed by atoms with Gasteiger partial charge in [-0.2, -0.15) is 0 Å². The van der Waals surface area contributed by atoms with E-state index in [1.807, 2.05) is 0 Å². The van der Waals surface area contributed by atoms with Crippen molar-refractivity contribution in [3.8, 4) is 0 Å². The van der Waals surface area contributed by atoms with Crippen LogP contribution in [0.1, 0.15) is 17.4 Å². The molecule has 0 saturated heterocycles. The first-order chi connectivity index (χ1) is 11.9. The van der Waals surface area contributed by atoms with Crippen LogP contribution in [-0.2, 0) is 4.74 Å². The number of ether oxygens (including phenoxy) is 1. The summed E-state index contributed by atoms with van der Waals surface area (Å²) in [4.78, 5) is 14.3. The van der Waals surface area contributed by atoms with Gasteiger partial charge in [0.25, 0.3) is 0 Å². The van der Waals surface area contributed by atoms with Gasteiger partial charge in [0.2, 0.25) is 0 Å². The number of hydrogen-bond donors (Lipinski definition) is 2. The molecule has 4 nitrogen and oxygen atoms in total. The van der Waals surface area contributed by atoms with Crippen molar-refractivity contribution in [1.29, 1.82) is 0 Å². The Bertz CT molecular complexity index is 972. The molecule has 2 N–H and O–H groups in total. The van der Waals surface area contributed by atoms with Crippen molar-refractivity contribution in [3.05, 3.63) is 58.5 Å². The van der Waals surface area contributed by atoms with E-state index < -0.39 is 23.4 Å². The number of aromatic amines is 1. The van der Waals surface area contributed by atoms with E-state index in [1.54, 1.807) is 6.92 Å². The Morgan fingerprint density at radius 3 is 2.64 bits per heavy atom. The minimum atomic E-state index is -1.12. The van der Waals surface area contributed by atoms with Crippen molar-refractivity contribution in [3.63, 3.8) is 0 Å². The fraction of sp³-hybridized carbons (Fsp3) is 0.118. The number of fused-ring (bicyclic) bond motifs is 1. The lowest BCUT2D eigenvalue weighted by atomic mass is 10.2. The Kier molecular flexibility index (Phi) is 4.59. The molecule has 2 aromatic carbocycles. The molecule has 0 bridgehead atoms. The molecule has 8 heteroatoms. The average molecular weight is 369 g/mol. The van der Waals surface area contributed by atoms with E-state index in [0.717, 1.165) is 12.1 Å². The second kappa shape index (κ2) is 6.68. The minimum Gasteiger partial charge on any atom is -0.461 e. The normalized spacial score (nSPS) is 10.9. The maximum atomic E-state index is 14.0. The molecule has 130 valence electrons. The highest BCUT2D eigenvalue weighted by molar-refractivity contribution is 6.31. The number of halogens is 4. The van der Waals surface area contributed by atoms with Gasteiger partial charge in [0, 0.05) is 17.1 Å². The van der Waals surface area contributed by atoms with Crippen molar-refractivity contribution in [2.24, 2.45) is 0 Å². The number of carbonyl (C=O) groups is 1. The summed E-state index contributed by atoms with van der Waals surface area (Å²) in [5.74, 6) is -3.52. The molecule has 1 heterocycles. The summed E-state index contributed by atoms with van der Waals surface area (Å²) in [5.41, 5.74) is 0.362. The van der Waals surface area contributed by atoms with Gasteiger partial charge in [-0.3, -0.25) is 0 Å². The molecule has 25 heavy (non-hydrogen) atoms. The highest BCUT2D eigenvalue weighted by Gasteiger charge is 2.19. The summed E-state index contributed by atoms with van der Waals surface area (Å²) >= 11 is 5.72. The maximum absolute atomic E-state index is 14.0. The molecule has 0 aliphatic carbocycles. The summed E-state index contributed by atoms with van der Waals surface area (Å²) in [6, 6.07) is 6.14. The number of nitrogens with one attached hydrogen (secondary N) is 2. The van der Waals surface area contributed by atoms with Crippen LogP contribution in [0.25, 0.3) is 10.9 Å². The number of rotatable bonds is 4. The Hall–Kier alpha value is -2.67. The summed E-state index contributed by atoms with van der Waals surface area (Å²) in [7, 11) is 0. The van der Waals surface area contributed by atoms with Gasteiger partial charge >= 0.3 is 5.97 Å². The zero-order valence-electron chi connectivity index (χ0n) is 12.9. The predicted octanol–water partition coefficient (Wildman–Crippen LogP) is 5.16. The second-order valence-electron chi connectivity index (χ2n) is 5.17. The van der Waals surface area contributed by atoms with E-state index in [0.29, 0.717) is 5.69 Å². The molecule has 0 aliphatic rings. The van der Waals surface area contributed by atoms with E-state index in [9.17, 15) is 18.0 Å². The molecule has 3 rings (SSSR count). The lowest BCUT2D eigenvalue weighted by Gasteiger charge is -2.09. The van der Waals surface area contributed by atoms with Crippen LogP contribution in [0, 0.1) is 17.5 Å². The zero-order valence-corrected chi connectivity index (χ0v) is 13.7. The lowest BCUT2D eigenvalue weighted by Crippen LogP contribution is -2.04. The highest BCUT2D eigenvalue weighted by atomic mass is 35.5. The van der Waals surface area contributed by atoms with Gasteiger partial charge in [-0.05, 0) is 31.2 Å². The van der Waals surface area contributed by atoms with Crippen LogP contribution in [0.5, 0.6) is 0 Å². The number of esters is 1. The Labute approximate surface area is 145 Å². The van der Waals surface area contributed by atoms with Crippen LogP contribution in [-0.4, -0.2) is 17.6 Å². The number of aromatic nitrogens is 1. The quantitative estimate of drug-likeness (QED) is 0.625. The van der Waals surface area contributed by atoms with Crippen molar-refractivity contribution < 1.29 is 22.7 Å². The smallest absolute Gasteiger partial charge is 0.354 e. The third-order valence-corrected chi connectivity index (χ3v) is 3.79. The molecule has 0 fully saturated rings. The monoisotopic (exact) mass is 368 g/mol. The number of H-pyrrole nitrogens is 1. The Balaban J connectivity index is 2.09. The van der Waals surface area contributed by atoms with Gasteiger partial charge < -0.3 is 15.0 Å². The van der Waals surface area contributed by atoms with Gasteiger partial charge in [0.05, 0.1) is 22.8 Å². The van der Waals surface area contributed by atoms with Crippen LogP contribution in [0.3, 0.4) is 0 Å². The third-order valence-electron chi connectivity index (χ3n) is 3.50. The van der Waals surface area contributed by atoms with E-state index in [-0.39, 0.29) is 33.9 Å². The first-order valence-electron chi connectivity index (χ1n) is 7.30. The molecular formula is C17H12ClF3N2O2. The molecule has 3 aromatic rings. The molecule has 0 spiro atoms.